The van der Waals surface area contributed by atoms with E-state index in [-0.39, 0.29) is 10.8 Å². The van der Waals surface area contributed by atoms with Crippen molar-refractivity contribution in [2.45, 2.75) is 39.3 Å². The molecule has 0 radical (unpaired) electrons. The summed E-state index contributed by atoms with van der Waals surface area (Å²) in [7, 11) is 0. The molecule has 0 bridgehead atoms. The number of halogens is 2. The molecule has 1 aromatic carbocycles. The second kappa shape index (κ2) is 6.09. The Balaban J connectivity index is 2.61. The number of hydrogen-bond donors (Lipinski definition) is 1. The number of hydrogen-bond acceptors (Lipinski definition) is 1. The van der Waals surface area contributed by atoms with Gasteiger partial charge < -0.3 is 5.32 Å². The molecule has 0 unspecified atom stereocenters. The summed E-state index contributed by atoms with van der Waals surface area (Å²) in [6.45, 7) is 4.89. The summed E-state index contributed by atoms with van der Waals surface area (Å²) < 4.78 is 13.1. The van der Waals surface area contributed by atoms with E-state index in [9.17, 15) is 4.39 Å². The summed E-state index contributed by atoms with van der Waals surface area (Å²) in [5.41, 5.74) is 0.823. The predicted octanol–water partition coefficient (Wildman–Crippen LogP) is 3.76. The molecule has 0 spiro atoms. The van der Waals surface area contributed by atoms with Gasteiger partial charge in [-0.1, -0.05) is 37.6 Å². The Labute approximate surface area is 95.6 Å². The van der Waals surface area contributed by atoms with Gasteiger partial charge in [0.1, 0.15) is 5.82 Å². The Bertz CT molecular complexity index is 310. The molecule has 0 atom stereocenters. The first-order valence-corrected chi connectivity index (χ1v) is 5.73. The van der Waals surface area contributed by atoms with Gasteiger partial charge in [0.05, 0.1) is 5.02 Å². The fourth-order valence-corrected chi connectivity index (χ4v) is 1.71. The highest BCUT2D eigenvalue weighted by molar-refractivity contribution is 6.31. The minimum absolute atomic E-state index is 0.232. The number of benzene rings is 1. The Morgan fingerprint density at radius 1 is 1.33 bits per heavy atom. The zero-order valence-corrected chi connectivity index (χ0v) is 9.94. The lowest BCUT2D eigenvalue weighted by atomic mass is 10.1. The van der Waals surface area contributed by atoms with Gasteiger partial charge in [0.2, 0.25) is 0 Å². The highest BCUT2D eigenvalue weighted by Gasteiger charge is 2.07. The van der Waals surface area contributed by atoms with E-state index in [2.05, 4.69) is 19.2 Å². The molecular weight excluding hydrogens is 213 g/mol. The van der Waals surface area contributed by atoms with Crippen molar-refractivity contribution in [2.75, 3.05) is 0 Å². The van der Waals surface area contributed by atoms with Crippen molar-refractivity contribution in [1.29, 1.82) is 0 Å². The Morgan fingerprint density at radius 2 is 2.00 bits per heavy atom. The molecule has 0 fully saturated rings. The molecular formula is C12H17ClFN. The third-order valence-corrected chi connectivity index (χ3v) is 3.02. The van der Waals surface area contributed by atoms with Gasteiger partial charge in [-0.15, -0.1) is 0 Å². The smallest absolute Gasteiger partial charge is 0.142 e. The van der Waals surface area contributed by atoms with Crippen LogP contribution in [0.4, 0.5) is 4.39 Å². The van der Waals surface area contributed by atoms with E-state index in [1.54, 1.807) is 6.07 Å². The zero-order valence-electron chi connectivity index (χ0n) is 9.19. The van der Waals surface area contributed by atoms with Gasteiger partial charge in [-0.2, -0.15) is 0 Å². The van der Waals surface area contributed by atoms with E-state index < -0.39 is 0 Å². The van der Waals surface area contributed by atoms with Crippen molar-refractivity contribution < 1.29 is 4.39 Å². The van der Waals surface area contributed by atoms with Crippen LogP contribution in [-0.4, -0.2) is 6.04 Å². The molecule has 84 valence electrons. The van der Waals surface area contributed by atoms with Gasteiger partial charge in [-0.3, -0.25) is 0 Å². The van der Waals surface area contributed by atoms with Crippen LogP contribution in [0.2, 0.25) is 5.02 Å². The number of rotatable bonds is 5. The van der Waals surface area contributed by atoms with E-state index >= 15 is 0 Å². The van der Waals surface area contributed by atoms with Crippen LogP contribution in [-0.2, 0) is 6.54 Å². The molecule has 0 amide bonds. The zero-order chi connectivity index (χ0) is 11.3. The van der Waals surface area contributed by atoms with Crippen LogP contribution in [0.25, 0.3) is 0 Å². The molecule has 1 aromatic rings. The van der Waals surface area contributed by atoms with Crippen molar-refractivity contribution in [2.24, 2.45) is 0 Å². The van der Waals surface area contributed by atoms with Crippen molar-refractivity contribution >= 4 is 11.6 Å². The van der Waals surface area contributed by atoms with E-state index in [0.717, 1.165) is 18.4 Å². The molecule has 15 heavy (non-hydrogen) atoms. The second-order valence-electron chi connectivity index (χ2n) is 3.61. The van der Waals surface area contributed by atoms with Crippen LogP contribution in [0.3, 0.4) is 0 Å². The van der Waals surface area contributed by atoms with Crippen LogP contribution >= 0.6 is 11.6 Å². The number of nitrogens with one attached hydrogen (secondary N) is 1. The molecule has 1 nitrogen and oxygen atoms in total. The normalized spacial score (nSPS) is 11.0. The predicted molar refractivity (Wildman–Crippen MR) is 62.6 cm³/mol. The van der Waals surface area contributed by atoms with E-state index in [1.165, 1.54) is 6.07 Å². The summed E-state index contributed by atoms with van der Waals surface area (Å²) >= 11 is 5.85. The van der Waals surface area contributed by atoms with E-state index in [0.29, 0.717) is 12.6 Å². The highest BCUT2D eigenvalue weighted by Crippen LogP contribution is 2.19. The topological polar surface area (TPSA) is 12.0 Å². The van der Waals surface area contributed by atoms with Gasteiger partial charge in [0.15, 0.2) is 0 Å². The molecule has 0 aromatic heterocycles. The molecule has 3 heteroatoms. The maximum Gasteiger partial charge on any atom is 0.142 e. The van der Waals surface area contributed by atoms with Gasteiger partial charge in [0.25, 0.3) is 0 Å². The first-order chi connectivity index (χ1) is 7.19. The van der Waals surface area contributed by atoms with Crippen LogP contribution < -0.4 is 5.32 Å². The summed E-state index contributed by atoms with van der Waals surface area (Å²) in [6.07, 6.45) is 2.15. The highest BCUT2D eigenvalue weighted by atomic mass is 35.5. The maximum atomic E-state index is 13.1. The molecule has 1 rings (SSSR count). The standard InChI is InChI=1S/C12H17ClFN/c1-3-10(4-2)15-8-9-6-5-7-11(14)12(9)13/h5-7,10,15H,3-4,8H2,1-2H3. The molecule has 0 saturated carbocycles. The molecule has 1 N–H and O–H groups in total. The fourth-order valence-electron chi connectivity index (χ4n) is 1.52. The quantitative estimate of drug-likeness (QED) is 0.811. The first kappa shape index (κ1) is 12.5. The average Bonchev–Trinajstić information content (AvgIpc) is 2.25. The van der Waals surface area contributed by atoms with Crippen LogP contribution in [0.5, 0.6) is 0 Å². The van der Waals surface area contributed by atoms with Gasteiger partial charge in [-0.05, 0) is 24.5 Å². The lowest BCUT2D eigenvalue weighted by molar-refractivity contribution is 0.483. The van der Waals surface area contributed by atoms with Crippen LogP contribution in [0.1, 0.15) is 32.3 Å². The Hall–Kier alpha value is -0.600. The van der Waals surface area contributed by atoms with Gasteiger partial charge in [-0.25, -0.2) is 4.39 Å². The fraction of sp³-hybridized carbons (Fsp3) is 0.500. The molecule has 0 saturated heterocycles. The maximum absolute atomic E-state index is 13.1. The lowest BCUT2D eigenvalue weighted by Gasteiger charge is -2.15. The monoisotopic (exact) mass is 229 g/mol. The summed E-state index contributed by atoms with van der Waals surface area (Å²) in [5, 5.41) is 3.58. The molecule has 0 heterocycles. The van der Waals surface area contributed by atoms with Crippen LogP contribution in [0.15, 0.2) is 18.2 Å². The first-order valence-electron chi connectivity index (χ1n) is 5.35. The van der Waals surface area contributed by atoms with Crippen molar-refractivity contribution in [3.8, 4) is 0 Å². The van der Waals surface area contributed by atoms with E-state index in [4.69, 9.17) is 11.6 Å². The van der Waals surface area contributed by atoms with Crippen molar-refractivity contribution in [3.05, 3.63) is 34.6 Å². The third kappa shape index (κ3) is 3.47. The molecule has 0 aliphatic heterocycles. The minimum atomic E-state index is -0.347. The third-order valence-electron chi connectivity index (χ3n) is 2.60. The Kier molecular flexibility index (Phi) is 5.06. The average molecular weight is 230 g/mol. The van der Waals surface area contributed by atoms with E-state index in [1.807, 2.05) is 6.07 Å². The summed E-state index contributed by atoms with van der Waals surface area (Å²) in [5.74, 6) is -0.347. The van der Waals surface area contributed by atoms with Gasteiger partial charge >= 0.3 is 0 Å². The molecule has 0 aliphatic rings. The van der Waals surface area contributed by atoms with Crippen molar-refractivity contribution in [3.63, 3.8) is 0 Å². The second-order valence-corrected chi connectivity index (χ2v) is 3.99. The SMILES string of the molecule is CCC(CC)NCc1cccc(F)c1Cl. The largest absolute Gasteiger partial charge is 0.310 e. The summed E-state index contributed by atoms with van der Waals surface area (Å²) in [4.78, 5) is 0. The minimum Gasteiger partial charge on any atom is -0.310 e. The summed E-state index contributed by atoms with van der Waals surface area (Å²) in [6, 6.07) is 5.39. The Morgan fingerprint density at radius 3 is 2.60 bits per heavy atom. The molecule has 0 aliphatic carbocycles. The van der Waals surface area contributed by atoms with Gasteiger partial charge in [0, 0.05) is 12.6 Å². The van der Waals surface area contributed by atoms with Crippen molar-refractivity contribution in [1.82, 2.24) is 5.32 Å². The van der Waals surface area contributed by atoms with Crippen LogP contribution in [0, 0.1) is 5.82 Å². The lowest BCUT2D eigenvalue weighted by Crippen LogP contribution is -2.27.